The van der Waals surface area contributed by atoms with E-state index in [1.165, 1.54) is 4.90 Å². The van der Waals surface area contributed by atoms with Crippen molar-refractivity contribution in [2.75, 3.05) is 12.8 Å². The Bertz CT molecular complexity index is 337. The number of rotatable bonds is 5. The Kier molecular flexibility index (Phi) is 5.35. The molecule has 0 aliphatic heterocycles. The largest absolute Gasteiger partial charge is 0.359 e. The van der Waals surface area contributed by atoms with Crippen molar-refractivity contribution in [2.45, 2.75) is 24.3 Å². The van der Waals surface area contributed by atoms with Crippen molar-refractivity contribution in [1.29, 1.82) is 0 Å². The van der Waals surface area contributed by atoms with Crippen molar-refractivity contribution in [3.05, 3.63) is 29.8 Å². The molecule has 1 amide bonds. The number of benzene rings is 1. The third kappa shape index (κ3) is 3.87. The van der Waals surface area contributed by atoms with E-state index in [0.717, 1.165) is 11.3 Å². The fourth-order valence-corrected chi connectivity index (χ4v) is 2.06. The second-order valence-corrected chi connectivity index (χ2v) is 4.82. The second-order valence-electron chi connectivity index (χ2n) is 3.49. The molecule has 1 aromatic rings. The first-order valence-corrected chi connectivity index (χ1v) is 6.34. The number of carbonyl (C=O) groups is 1. The molecule has 0 aromatic heterocycles. The number of thioether (sulfide) groups is 1. The first kappa shape index (κ1) is 13.1. The van der Waals surface area contributed by atoms with E-state index in [1.54, 1.807) is 18.8 Å². The number of hydrogen-bond acceptors (Lipinski definition) is 3. The lowest BCUT2D eigenvalue weighted by Crippen LogP contribution is -2.24. The predicted octanol–water partition coefficient (Wildman–Crippen LogP) is 1.93. The molecule has 16 heavy (non-hydrogen) atoms. The van der Waals surface area contributed by atoms with E-state index < -0.39 is 0 Å². The van der Waals surface area contributed by atoms with Gasteiger partial charge in [0.2, 0.25) is 5.91 Å². The van der Waals surface area contributed by atoms with Gasteiger partial charge in [-0.25, -0.2) is 0 Å². The molecule has 0 bridgehead atoms. The van der Waals surface area contributed by atoms with Crippen molar-refractivity contribution in [1.82, 2.24) is 5.32 Å². The molecule has 0 aliphatic rings. The zero-order valence-corrected chi connectivity index (χ0v) is 10.5. The Morgan fingerprint density at radius 1 is 1.44 bits per heavy atom. The van der Waals surface area contributed by atoms with E-state index in [4.69, 9.17) is 5.73 Å². The van der Waals surface area contributed by atoms with Crippen molar-refractivity contribution in [2.24, 2.45) is 5.73 Å². The average molecular weight is 238 g/mol. The lowest BCUT2D eigenvalue weighted by Gasteiger charge is -2.11. The Morgan fingerprint density at radius 3 is 2.56 bits per heavy atom. The third-order valence-corrected chi connectivity index (χ3v) is 3.20. The van der Waals surface area contributed by atoms with Crippen LogP contribution >= 0.6 is 11.8 Å². The first-order valence-electron chi connectivity index (χ1n) is 5.36. The van der Waals surface area contributed by atoms with Gasteiger partial charge in [0.25, 0.3) is 0 Å². The number of nitrogens with two attached hydrogens (primary N) is 1. The van der Waals surface area contributed by atoms with Crippen LogP contribution < -0.4 is 11.1 Å². The summed E-state index contributed by atoms with van der Waals surface area (Å²) in [7, 11) is 1.62. The van der Waals surface area contributed by atoms with Crippen LogP contribution in [-0.4, -0.2) is 18.7 Å². The van der Waals surface area contributed by atoms with E-state index in [-0.39, 0.29) is 11.9 Å². The Morgan fingerprint density at radius 2 is 2.06 bits per heavy atom. The standard InChI is InChI=1S/C12H18N2OS/c1-3-16-10-6-4-9(5-7-10)11(13)8-12(15)14-2/h4-7,11H,3,8,13H2,1-2H3,(H,14,15). The average Bonchev–Trinajstić information content (AvgIpc) is 2.30. The smallest absolute Gasteiger partial charge is 0.221 e. The fourth-order valence-electron chi connectivity index (χ4n) is 1.40. The molecule has 4 heteroatoms. The summed E-state index contributed by atoms with van der Waals surface area (Å²) in [5.41, 5.74) is 6.93. The number of nitrogens with one attached hydrogen (secondary N) is 1. The van der Waals surface area contributed by atoms with E-state index in [1.807, 2.05) is 24.3 Å². The molecule has 0 aliphatic carbocycles. The molecule has 1 atom stereocenters. The van der Waals surface area contributed by atoms with Gasteiger partial charge < -0.3 is 11.1 Å². The number of hydrogen-bond donors (Lipinski definition) is 2. The molecule has 0 radical (unpaired) electrons. The van der Waals surface area contributed by atoms with Crippen molar-refractivity contribution >= 4 is 17.7 Å². The summed E-state index contributed by atoms with van der Waals surface area (Å²) in [5.74, 6) is 1.03. The van der Waals surface area contributed by atoms with Crippen molar-refractivity contribution < 1.29 is 4.79 Å². The van der Waals surface area contributed by atoms with Crippen LogP contribution in [0.15, 0.2) is 29.2 Å². The van der Waals surface area contributed by atoms with E-state index in [9.17, 15) is 4.79 Å². The second kappa shape index (κ2) is 6.55. The molecule has 0 heterocycles. The van der Waals surface area contributed by atoms with E-state index in [0.29, 0.717) is 6.42 Å². The highest BCUT2D eigenvalue weighted by molar-refractivity contribution is 7.99. The van der Waals surface area contributed by atoms with Gasteiger partial charge in [-0.2, -0.15) is 0 Å². The molecule has 1 aromatic carbocycles. The van der Waals surface area contributed by atoms with Gasteiger partial charge in [-0.15, -0.1) is 11.8 Å². The summed E-state index contributed by atoms with van der Waals surface area (Å²) in [6, 6.07) is 7.86. The van der Waals surface area contributed by atoms with Crippen LogP contribution in [0.5, 0.6) is 0 Å². The van der Waals surface area contributed by atoms with Crippen LogP contribution in [0, 0.1) is 0 Å². The van der Waals surface area contributed by atoms with Gasteiger partial charge in [-0.1, -0.05) is 19.1 Å². The molecule has 0 spiro atoms. The molecule has 3 N–H and O–H groups in total. The minimum Gasteiger partial charge on any atom is -0.359 e. The van der Waals surface area contributed by atoms with Gasteiger partial charge in [0.05, 0.1) is 0 Å². The topological polar surface area (TPSA) is 55.1 Å². The van der Waals surface area contributed by atoms with Gasteiger partial charge >= 0.3 is 0 Å². The fraction of sp³-hybridized carbons (Fsp3) is 0.417. The Labute approximate surface area is 101 Å². The molecule has 1 unspecified atom stereocenters. The molecule has 3 nitrogen and oxygen atoms in total. The van der Waals surface area contributed by atoms with Gasteiger partial charge in [0.15, 0.2) is 0 Å². The maximum Gasteiger partial charge on any atom is 0.221 e. The highest BCUT2D eigenvalue weighted by atomic mass is 32.2. The number of carbonyl (C=O) groups excluding carboxylic acids is 1. The quantitative estimate of drug-likeness (QED) is 0.771. The van der Waals surface area contributed by atoms with Crippen molar-refractivity contribution in [3.63, 3.8) is 0 Å². The van der Waals surface area contributed by atoms with Gasteiger partial charge in [-0.05, 0) is 23.4 Å². The van der Waals surface area contributed by atoms with E-state index >= 15 is 0 Å². The zero-order chi connectivity index (χ0) is 12.0. The van der Waals surface area contributed by atoms with Gasteiger partial charge in [0.1, 0.15) is 0 Å². The summed E-state index contributed by atoms with van der Waals surface area (Å²) in [5, 5.41) is 2.57. The molecule has 0 saturated carbocycles. The normalized spacial score (nSPS) is 12.2. The Balaban J connectivity index is 2.62. The van der Waals surface area contributed by atoms with Crippen LogP contribution in [0.2, 0.25) is 0 Å². The third-order valence-electron chi connectivity index (χ3n) is 2.30. The van der Waals surface area contributed by atoms with Crippen LogP contribution in [0.25, 0.3) is 0 Å². The maximum absolute atomic E-state index is 11.2. The molecular formula is C12H18N2OS. The van der Waals surface area contributed by atoms with Crippen LogP contribution in [0.4, 0.5) is 0 Å². The monoisotopic (exact) mass is 238 g/mol. The SMILES string of the molecule is CCSc1ccc(C(N)CC(=O)NC)cc1. The lowest BCUT2D eigenvalue weighted by atomic mass is 10.0. The van der Waals surface area contributed by atoms with Gasteiger partial charge in [-0.3, -0.25) is 4.79 Å². The summed E-state index contributed by atoms with van der Waals surface area (Å²) in [4.78, 5) is 12.4. The maximum atomic E-state index is 11.2. The van der Waals surface area contributed by atoms with Crippen LogP contribution in [0.1, 0.15) is 24.9 Å². The van der Waals surface area contributed by atoms with Crippen molar-refractivity contribution in [3.8, 4) is 0 Å². The Hall–Kier alpha value is -1.00. The molecule has 0 saturated heterocycles. The van der Waals surface area contributed by atoms with Crippen LogP contribution in [-0.2, 0) is 4.79 Å². The molecule has 1 rings (SSSR count). The van der Waals surface area contributed by atoms with E-state index in [2.05, 4.69) is 12.2 Å². The molecule has 0 fully saturated rings. The van der Waals surface area contributed by atoms with Crippen LogP contribution in [0.3, 0.4) is 0 Å². The summed E-state index contributed by atoms with van der Waals surface area (Å²) < 4.78 is 0. The predicted molar refractivity (Wildman–Crippen MR) is 68.5 cm³/mol. The summed E-state index contributed by atoms with van der Waals surface area (Å²) in [6.45, 7) is 2.12. The minimum absolute atomic E-state index is 0.0282. The summed E-state index contributed by atoms with van der Waals surface area (Å²) in [6.07, 6.45) is 0.330. The summed E-state index contributed by atoms with van der Waals surface area (Å²) >= 11 is 1.79. The highest BCUT2D eigenvalue weighted by Crippen LogP contribution is 2.21. The lowest BCUT2D eigenvalue weighted by molar-refractivity contribution is -0.120. The highest BCUT2D eigenvalue weighted by Gasteiger charge is 2.10. The minimum atomic E-state index is -0.222. The van der Waals surface area contributed by atoms with Gasteiger partial charge in [0, 0.05) is 24.4 Å². The number of amides is 1. The molecule has 88 valence electrons. The zero-order valence-electron chi connectivity index (χ0n) is 9.69. The first-order chi connectivity index (χ1) is 7.67. The molecular weight excluding hydrogens is 220 g/mol.